The van der Waals surface area contributed by atoms with Crippen LogP contribution in [0.4, 0.5) is 17.1 Å². The van der Waals surface area contributed by atoms with E-state index in [1.165, 1.54) is 80.8 Å². The third-order valence-electron chi connectivity index (χ3n) is 5.73. The Morgan fingerprint density at radius 3 is 1.47 bits per heavy atom. The van der Waals surface area contributed by atoms with E-state index in [1.54, 1.807) is 30.3 Å². The van der Waals surface area contributed by atoms with Gasteiger partial charge in [-0.15, -0.1) is 0 Å². The van der Waals surface area contributed by atoms with Crippen molar-refractivity contribution in [2.45, 2.75) is 13.8 Å². The molecule has 3 N–H and O–H groups in total. The highest BCUT2D eigenvalue weighted by molar-refractivity contribution is 7.79. The lowest BCUT2D eigenvalue weighted by molar-refractivity contribution is -0.132. The zero-order valence-corrected chi connectivity index (χ0v) is 25.1. The average Bonchev–Trinajstić information content (AvgIpc) is 2.96. The fourth-order valence-corrected chi connectivity index (χ4v) is 4.38. The average molecular weight is 630 g/mol. The predicted octanol–water partition coefficient (Wildman–Crippen LogP) is 4.97. The molecule has 1 unspecified atom stereocenters. The molecule has 0 aliphatic rings. The molecule has 0 radical (unpaired) electrons. The number of amides is 3. The first kappa shape index (κ1) is 32.1. The number of anilines is 3. The summed E-state index contributed by atoms with van der Waals surface area (Å²) in [6, 6.07) is 22.4. The van der Waals surface area contributed by atoms with Crippen LogP contribution in [0.25, 0.3) is 0 Å². The number of hydrogen-bond acceptors (Lipinski definition) is 9. The van der Waals surface area contributed by atoms with Crippen molar-refractivity contribution in [2.75, 3.05) is 22.2 Å². The van der Waals surface area contributed by atoms with Gasteiger partial charge in [0, 0.05) is 59.9 Å². The molecule has 0 aromatic heterocycles. The van der Waals surface area contributed by atoms with Gasteiger partial charge in [0.15, 0.2) is 0 Å². The number of rotatable bonds is 10. The van der Waals surface area contributed by atoms with Crippen LogP contribution in [-0.2, 0) is 20.7 Å². The molecule has 4 aromatic rings. The van der Waals surface area contributed by atoms with Crippen molar-refractivity contribution in [1.82, 2.24) is 0 Å². The number of benzene rings is 4. The molecule has 1 atom stereocenters. The number of esters is 2. The van der Waals surface area contributed by atoms with Gasteiger partial charge in [0.25, 0.3) is 17.7 Å². The molecule has 0 heterocycles. The summed E-state index contributed by atoms with van der Waals surface area (Å²) in [7, 11) is 0. The molecule has 230 valence electrons. The zero-order valence-electron chi connectivity index (χ0n) is 24.2. The minimum absolute atomic E-state index is 0.0656. The lowest BCUT2D eigenvalue weighted by Gasteiger charge is -2.13. The molecule has 0 bridgehead atoms. The minimum atomic E-state index is -1.57. The molecule has 0 spiro atoms. The first-order valence-electron chi connectivity index (χ1n) is 13.2. The van der Waals surface area contributed by atoms with Crippen LogP contribution in [0.2, 0.25) is 0 Å². The number of nitrogens with one attached hydrogen (secondary N) is 3. The van der Waals surface area contributed by atoms with Crippen molar-refractivity contribution >= 4 is 57.8 Å². The summed E-state index contributed by atoms with van der Waals surface area (Å²) < 4.78 is 26.7. The molecule has 0 aliphatic heterocycles. The van der Waals surface area contributed by atoms with Crippen LogP contribution in [0.15, 0.2) is 91.0 Å². The van der Waals surface area contributed by atoms with Crippen LogP contribution in [0.3, 0.4) is 0 Å². The quantitative estimate of drug-likeness (QED) is 0.162. The predicted molar refractivity (Wildman–Crippen MR) is 167 cm³/mol. The topological polar surface area (TPSA) is 166 Å². The van der Waals surface area contributed by atoms with E-state index in [9.17, 15) is 28.2 Å². The van der Waals surface area contributed by atoms with E-state index in [0.717, 1.165) is 0 Å². The zero-order chi connectivity index (χ0) is 32.5. The molecule has 4 rings (SSSR count). The SMILES string of the molecule is CC(=O)Oc1cccc(C(=O)Nc2cc(NC(=O)c3cccc(OC(C)=O)c3)cc(C(=O)Nc3cccc(OS(C)=O)c3)c2)c1. The smallest absolute Gasteiger partial charge is 0.308 e. The summed E-state index contributed by atoms with van der Waals surface area (Å²) in [4.78, 5) is 62.2. The maximum Gasteiger partial charge on any atom is 0.308 e. The van der Waals surface area contributed by atoms with E-state index in [2.05, 4.69) is 16.0 Å². The van der Waals surface area contributed by atoms with E-state index < -0.39 is 40.7 Å². The Morgan fingerprint density at radius 2 is 0.978 bits per heavy atom. The van der Waals surface area contributed by atoms with Gasteiger partial charge in [-0.25, -0.2) is 4.21 Å². The molecule has 0 fully saturated rings. The fraction of sp³-hybridized carbons (Fsp3) is 0.0938. The van der Waals surface area contributed by atoms with Crippen LogP contribution < -0.4 is 29.6 Å². The third-order valence-corrected chi connectivity index (χ3v) is 6.16. The lowest BCUT2D eigenvalue weighted by Crippen LogP contribution is -2.17. The van der Waals surface area contributed by atoms with Crippen molar-refractivity contribution in [3.8, 4) is 17.2 Å². The Labute approximate surface area is 260 Å². The second kappa shape index (κ2) is 14.6. The Bertz CT molecular complexity index is 1730. The van der Waals surface area contributed by atoms with E-state index in [1.807, 2.05) is 0 Å². The lowest BCUT2D eigenvalue weighted by atomic mass is 10.1. The summed E-state index contributed by atoms with van der Waals surface area (Å²) in [5.74, 6) is -2.24. The Balaban J connectivity index is 1.63. The number of carbonyl (C=O) groups excluding carboxylic acids is 5. The van der Waals surface area contributed by atoms with Gasteiger partial charge < -0.3 is 29.6 Å². The van der Waals surface area contributed by atoms with Crippen molar-refractivity contribution in [3.05, 3.63) is 108 Å². The molecule has 4 aromatic carbocycles. The third kappa shape index (κ3) is 9.59. The molecular formula is C32H27N3O9S. The van der Waals surface area contributed by atoms with Crippen molar-refractivity contribution in [2.24, 2.45) is 0 Å². The summed E-state index contributed by atoms with van der Waals surface area (Å²) in [6.07, 6.45) is 1.36. The summed E-state index contributed by atoms with van der Waals surface area (Å²) in [6.45, 7) is 2.47. The van der Waals surface area contributed by atoms with Crippen LogP contribution in [0.5, 0.6) is 17.2 Å². The summed E-state index contributed by atoms with van der Waals surface area (Å²) in [5, 5.41) is 8.09. The molecule has 0 saturated heterocycles. The van der Waals surface area contributed by atoms with Gasteiger partial charge in [0.1, 0.15) is 17.2 Å². The number of hydrogen-bond donors (Lipinski definition) is 3. The van der Waals surface area contributed by atoms with E-state index >= 15 is 0 Å². The van der Waals surface area contributed by atoms with Gasteiger partial charge in [0.2, 0.25) is 11.1 Å². The maximum absolute atomic E-state index is 13.3. The molecule has 45 heavy (non-hydrogen) atoms. The number of carbonyl (C=O) groups is 5. The van der Waals surface area contributed by atoms with E-state index in [-0.39, 0.29) is 45.3 Å². The van der Waals surface area contributed by atoms with Crippen LogP contribution >= 0.6 is 0 Å². The van der Waals surface area contributed by atoms with Gasteiger partial charge in [-0.1, -0.05) is 18.2 Å². The standard InChI is InChI=1S/C32H27N3O9S/c1-19(36)42-27-10-4-7-21(15-27)30(38)34-25-13-23(32(40)33-24-9-6-12-29(18-24)44-45(3)41)14-26(17-25)35-31(39)22-8-5-11-28(16-22)43-20(2)37/h4-18H,1-3H3,(H,33,40)(H,34,38)(H,35,39). The van der Waals surface area contributed by atoms with Gasteiger partial charge in [-0.3, -0.25) is 24.0 Å². The molecular weight excluding hydrogens is 602 g/mol. The van der Waals surface area contributed by atoms with E-state index in [4.69, 9.17) is 13.7 Å². The van der Waals surface area contributed by atoms with Gasteiger partial charge in [0.05, 0.1) is 0 Å². The van der Waals surface area contributed by atoms with Crippen molar-refractivity contribution < 1.29 is 41.8 Å². The van der Waals surface area contributed by atoms with Gasteiger partial charge in [-0.05, 0) is 66.7 Å². The summed E-state index contributed by atoms with van der Waals surface area (Å²) >= 11 is -1.57. The summed E-state index contributed by atoms with van der Waals surface area (Å²) in [5.41, 5.74) is 1.06. The van der Waals surface area contributed by atoms with Crippen molar-refractivity contribution in [1.29, 1.82) is 0 Å². The first-order chi connectivity index (χ1) is 21.4. The highest BCUT2D eigenvalue weighted by Crippen LogP contribution is 2.25. The van der Waals surface area contributed by atoms with Gasteiger partial charge >= 0.3 is 11.9 Å². The maximum atomic E-state index is 13.3. The monoisotopic (exact) mass is 629 g/mol. The first-order valence-corrected chi connectivity index (χ1v) is 14.7. The van der Waals surface area contributed by atoms with E-state index in [0.29, 0.717) is 5.69 Å². The second-order valence-corrected chi connectivity index (χ2v) is 10.4. The van der Waals surface area contributed by atoms with Crippen LogP contribution in [0.1, 0.15) is 44.9 Å². The molecule has 0 aliphatic carbocycles. The minimum Gasteiger partial charge on any atom is -0.427 e. The molecule has 13 heteroatoms. The highest BCUT2D eigenvalue weighted by Gasteiger charge is 2.16. The molecule has 3 amide bonds. The Morgan fingerprint density at radius 1 is 0.533 bits per heavy atom. The second-order valence-electron chi connectivity index (χ2n) is 9.42. The normalized spacial score (nSPS) is 11.0. The highest BCUT2D eigenvalue weighted by atomic mass is 32.2. The largest absolute Gasteiger partial charge is 0.427 e. The Kier molecular flexibility index (Phi) is 10.4. The van der Waals surface area contributed by atoms with Gasteiger partial charge in [-0.2, -0.15) is 0 Å². The van der Waals surface area contributed by atoms with Crippen LogP contribution in [0, 0.1) is 0 Å². The fourth-order valence-electron chi connectivity index (χ4n) is 4.01. The van der Waals surface area contributed by atoms with Crippen molar-refractivity contribution in [3.63, 3.8) is 0 Å². The molecule has 0 saturated carbocycles. The number of ether oxygens (including phenoxy) is 2. The van der Waals surface area contributed by atoms with Crippen LogP contribution in [-0.4, -0.2) is 40.1 Å². The Hall–Kier alpha value is -5.82. The molecule has 12 nitrogen and oxygen atoms in total.